The molecule has 0 aromatic heterocycles. The van der Waals surface area contributed by atoms with Crippen LogP contribution in [0.2, 0.25) is 0 Å². The number of nitrogens with zero attached hydrogens (tertiary/aromatic N) is 1. The van der Waals surface area contributed by atoms with E-state index in [2.05, 4.69) is 41.4 Å². The molecule has 3 nitrogen and oxygen atoms in total. The molecule has 27 heavy (non-hydrogen) atoms. The van der Waals surface area contributed by atoms with E-state index in [0.717, 1.165) is 11.3 Å². The van der Waals surface area contributed by atoms with Crippen LogP contribution in [0.4, 0.5) is 18.9 Å². The summed E-state index contributed by atoms with van der Waals surface area (Å²) >= 11 is 0. The number of carbonyl (C=O) groups excluding carboxylic acids is 1. The molecular formula is C21H21F3N2O. The fourth-order valence-corrected chi connectivity index (χ4v) is 4.44. The summed E-state index contributed by atoms with van der Waals surface area (Å²) in [6, 6.07) is 15.8. The lowest BCUT2D eigenvalue weighted by Crippen LogP contribution is -2.49. The van der Waals surface area contributed by atoms with Gasteiger partial charge in [0.05, 0.1) is 6.04 Å². The molecule has 0 bridgehead atoms. The van der Waals surface area contributed by atoms with Gasteiger partial charge in [0.1, 0.15) is 0 Å². The van der Waals surface area contributed by atoms with Gasteiger partial charge >= 0.3 is 12.1 Å². The Morgan fingerprint density at radius 1 is 1.04 bits per heavy atom. The number of hydrogen-bond acceptors (Lipinski definition) is 2. The largest absolute Gasteiger partial charge is 0.471 e. The van der Waals surface area contributed by atoms with Crippen molar-refractivity contribution in [3.63, 3.8) is 0 Å². The molecule has 2 heterocycles. The standard InChI is InChI=1S/C21H21F3N2O/c1-13-15-6-2-3-8-17(15)19-12-14(25-20(27)21(22,23)24)10-11-26(19)18-9-5-4-7-16(13)18/h2-9,13-14,19H,10-12H2,1H3,(H,25,27)/t13-,14-,19-/m1/s1. The van der Waals surface area contributed by atoms with Gasteiger partial charge in [-0.15, -0.1) is 0 Å². The predicted molar refractivity (Wildman–Crippen MR) is 97.7 cm³/mol. The van der Waals surface area contributed by atoms with Crippen molar-refractivity contribution in [2.75, 3.05) is 11.4 Å². The number of amides is 1. The lowest BCUT2D eigenvalue weighted by Gasteiger charge is -2.41. The summed E-state index contributed by atoms with van der Waals surface area (Å²) in [5.41, 5.74) is 4.68. The van der Waals surface area contributed by atoms with Crippen molar-refractivity contribution in [2.24, 2.45) is 0 Å². The zero-order valence-corrected chi connectivity index (χ0v) is 15.0. The van der Waals surface area contributed by atoms with E-state index < -0.39 is 18.1 Å². The number of nitrogens with one attached hydrogen (secondary N) is 1. The quantitative estimate of drug-likeness (QED) is 0.795. The Morgan fingerprint density at radius 2 is 1.67 bits per heavy atom. The van der Waals surface area contributed by atoms with Crippen LogP contribution in [0.15, 0.2) is 48.5 Å². The lowest BCUT2D eigenvalue weighted by molar-refractivity contribution is -0.174. The average Bonchev–Trinajstić information content (AvgIpc) is 2.76. The number of carbonyl (C=O) groups is 1. The lowest BCUT2D eigenvalue weighted by atomic mass is 9.86. The number of halogens is 3. The number of para-hydroxylation sites is 1. The van der Waals surface area contributed by atoms with Crippen LogP contribution in [0, 0.1) is 0 Å². The molecule has 1 saturated heterocycles. The molecule has 2 aliphatic heterocycles. The van der Waals surface area contributed by atoms with Crippen molar-refractivity contribution in [1.29, 1.82) is 0 Å². The highest BCUT2D eigenvalue weighted by Crippen LogP contribution is 2.46. The maximum absolute atomic E-state index is 12.7. The van der Waals surface area contributed by atoms with E-state index in [1.807, 2.05) is 24.3 Å². The first kappa shape index (κ1) is 17.9. The van der Waals surface area contributed by atoms with Crippen molar-refractivity contribution in [2.45, 2.75) is 43.9 Å². The number of fused-ring (bicyclic) bond motifs is 5. The highest BCUT2D eigenvalue weighted by Gasteiger charge is 2.42. The number of hydrogen-bond donors (Lipinski definition) is 1. The van der Waals surface area contributed by atoms with E-state index in [1.54, 1.807) is 0 Å². The zero-order valence-electron chi connectivity index (χ0n) is 15.0. The number of benzene rings is 2. The number of piperidine rings is 1. The SMILES string of the molecule is C[C@@H]1c2ccccc2[C@H]2C[C@H](NC(=O)C(F)(F)F)CCN2c2ccccc21. The van der Waals surface area contributed by atoms with Crippen LogP contribution >= 0.6 is 0 Å². The third kappa shape index (κ3) is 3.17. The molecule has 1 fully saturated rings. The van der Waals surface area contributed by atoms with Gasteiger partial charge in [-0.25, -0.2) is 0 Å². The van der Waals surface area contributed by atoms with Crippen molar-refractivity contribution >= 4 is 11.6 Å². The Labute approximate surface area is 156 Å². The zero-order chi connectivity index (χ0) is 19.2. The second-order valence-electron chi connectivity index (χ2n) is 7.31. The molecule has 1 amide bonds. The first-order valence-electron chi connectivity index (χ1n) is 9.18. The molecule has 4 rings (SSSR count). The van der Waals surface area contributed by atoms with Crippen molar-refractivity contribution < 1.29 is 18.0 Å². The number of rotatable bonds is 1. The van der Waals surface area contributed by atoms with E-state index in [-0.39, 0.29) is 12.0 Å². The van der Waals surface area contributed by atoms with Crippen LogP contribution in [0.5, 0.6) is 0 Å². The summed E-state index contributed by atoms with van der Waals surface area (Å²) < 4.78 is 38.0. The topological polar surface area (TPSA) is 32.3 Å². The molecule has 0 radical (unpaired) electrons. The van der Waals surface area contributed by atoms with Gasteiger partial charge in [-0.05, 0) is 35.6 Å². The first-order chi connectivity index (χ1) is 12.9. The molecule has 0 unspecified atom stereocenters. The smallest absolute Gasteiger partial charge is 0.364 e. The van der Waals surface area contributed by atoms with E-state index in [9.17, 15) is 18.0 Å². The van der Waals surface area contributed by atoms with Crippen LogP contribution in [0.1, 0.15) is 48.4 Å². The minimum Gasteiger partial charge on any atom is -0.364 e. The summed E-state index contributed by atoms with van der Waals surface area (Å²) in [7, 11) is 0. The van der Waals surface area contributed by atoms with Crippen LogP contribution in [-0.2, 0) is 4.79 Å². The summed E-state index contributed by atoms with van der Waals surface area (Å²) in [4.78, 5) is 13.7. The minimum atomic E-state index is -4.85. The van der Waals surface area contributed by atoms with Gasteiger partial charge in [0.25, 0.3) is 0 Å². The maximum atomic E-state index is 12.7. The Kier molecular flexibility index (Phi) is 4.36. The monoisotopic (exact) mass is 374 g/mol. The van der Waals surface area contributed by atoms with Gasteiger partial charge in [0.15, 0.2) is 0 Å². The normalized spacial score (nSPS) is 24.3. The highest BCUT2D eigenvalue weighted by molar-refractivity contribution is 5.82. The molecule has 3 atom stereocenters. The Balaban J connectivity index is 1.71. The van der Waals surface area contributed by atoms with Gasteiger partial charge < -0.3 is 10.2 Å². The first-order valence-corrected chi connectivity index (χ1v) is 9.18. The van der Waals surface area contributed by atoms with Gasteiger partial charge in [0.2, 0.25) is 0 Å². The molecule has 2 aromatic rings. The second kappa shape index (κ2) is 6.59. The summed E-state index contributed by atoms with van der Waals surface area (Å²) in [6.07, 6.45) is -3.90. The van der Waals surface area contributed by atoms with Crippen LogP contribution in [-0.4, -0.2) is 24.7 Å². The maximum Gasteiger partial charge on any atom is 0.471 e. The van der Waals surface area contributed by atoms with Gasteiger partial charge in [0, 0.05) is 24.2 Å². The third-order valence-corrected chi connectivity index (χ3v) is 5.73. The highest BCUT2D eigenvalue weighted by atomic mass is 19.4. The van der Waals surface area contributed by atoms with Crippen LogP contribution < -0.4 is 10.2 Å². The Bertz CT molecular complexity index is 865. The van der Waals surface area contributed by atoms with Crippen LogP contribution in [0.25, 0.3) is 0 Å². The van der Waals surface area contributed by atoms with E-state index >= 15 is 0 Å². The molecular weight excluding hydrogens is 353 g/mol. The molecule has 0 saturated carbocycles. The van der Waals surface area contributed by atoms with E-state index in [1.165, 1.54) is 11.1 Å². The Morgan fingerprint density at radius 3 is 2.37 bits per heavy atom. The van der Waals surface area contributed by atoms with E-state index in [0.29, 0.717) is 19.4 Å². The van der Waals surface area contributed by atoms with Crippen molar-refractivity contribution in [3.05, 3.63) is 65.2 Å². The van der Waals surface area contributed by atoms with Gasteiger partial charge in [-0.2, -0.15) is 13.2 Å². The molecule has 6 heteroatoms. The summed E-state index contributed by atoms with van der Waals surface area (Å²) in [6.45, 7) is 2.77. The van der Waals surface area contributed by atoms with Crippen molar-refractivity contribution in [3.8, 4) is 0 Å². The molecule has 0 spiro atoms. The second-order valence-corrected chi connectivity index (χ2v) is 7.31. The number of alkyl halides is 3. The fraction of sp³-hybridized carbons (Fsp3) is 0.381. The third-order valence-electron chi connectivity index (χ3n) is 5.73. The summed E-state index contributed by atoms with van der Waals surface area (Å²) in [5.74, 6) is -1.65. The molecule has 2 aliphatic rings. The number of anilines is 1. The fourth-order valence-electron chi connectivity index (χ4n) is 4.44. The Hall–Kier alpha value is -2.50. The van der Waals surface area contributed by atoms with Gasteiger partial charge in [-0.3, -0.25) is 4.79 Å². The molecule has 142 valence electrons. The minimum absolute atomic E-state index is 0.0559. The van der Waals surface area contributed by atoms with Crippen LogP contribution in [0.3, 0.4) is 0 Å². The average molecular weight is 374 g/mol. The van der Waals surface area contributed by atoms with Gasteiger partial charge in [-0.1, -0.05) is 49.4 Å². The predicted octanol–water partition coefficient (Wildman–Crippen LogP) is 4.54. The summed E-state index contributed by atoms with van der Waals surface area (Å²) in [5, 5.41) is 2.19. The molecule has 1 N–H and O–H groups in total. The van der Waals surface area contributed by atoms with Crippen molar-refractivity contribution in [1.82, 2.24) is 5.32 Å². The molecule has 2 aromatic carbocycles. The van der Waals surface area contributed by atoms with E-state index in [4.69, 9.17) is 0 Å². The molecule has 0 aliphatic carbocycles.